The van der Waals surface area contributed by atoms with E-state index in [1.807, 2.05) is 55.5 Å². The second-order valence-corrected chi connectivity index (χ2v) is 5.58. The van der Waals surface area contributed by atoms with Crippen LogP contribution in [0.2, 0.25) is 0 Å². The molecule has 3 rings (SSSR count). The zero-order valence-corrected chi connectivity index (χ0v) is 15.1. The van der Waals surface area contributed by atoms with E-state index in [4.69, 9.17) is 9.47 Å². The molecule has 2 N–H and O–H groups in total. The predicted molar refractivity (Wildman–Crippen MR) is 103 cm³/mol. The van der Waals surface area contributed by atoms with E-state index < -0.39 is 0 Å². The SMILES string of the molecule is CCOc1ccc(-c2cc(C(=O)N/N=C/c3ccccc3)[nH]n2)cc1OC. The first-order valence-corrected chi connectivity index (χ1v) is 8.46. The van der Waals surface area contributed by atoms with Gasteiger partial charge in [0.25, 0.3) is 5.91 Å². The third-order valence-corrected chi connectivity index (χ3v) is 3.76. The van der Waals surface area contributed by atoms with E-state index >= 15 is 0 Å². The first kappa shape index (κ1) is 18.2. The van der Waals surface area contributed by atoms with Crippen molar-refractivity contribution in [2.75, 3.05) is 13.7 Å². The van der Waals surface area contributed by atoms with Gasteiger partial charge in [0.15, 0.2) is 11.5 Å². The molecule has 7 heteroatoms. The summed E-state index contributed by atoms with van der Waals surface area (Å²) in [6, 6.07) is 16.6. The summed E-state index contributed by atoms with van der Waals surface area (Å²) in [5.74, 6) is 0.891. The minimum absolute atomic E-state index is 0.308. The summed E-state index contributed by atoms with van der Waals surface area (Å²) in [6.45, 7) is 2.46. The van der Waals surface area contributed by atoms with E-state index in [9.17, 15) is 4.79 Å². The molecule has 138 valence electrons. The van der Waals surface area contributed by atoms with Gasteiger partial charge in [-0.3, -0.25) is 9.89 Å². The molecule has 0 aliphatic rings. The van der Waals surface area contributed by atoms with Crippen molar-refractivity contribution in [3.05, 3.63) is 65.9 Å². The molecule has 7 nitrogen and oxygen atoms in total. The maximum Gasteiger partial charge on any atom is 0.289 e. The van der Waals surface area contributed by atoms with Gasteiger partial charge >= 0.3 is 0 Å². The fourth-order valence-corrected chi connectivity index (χ4v) is 2.45. The highest BCUT2D eigenvalue weighted by molar-refractivity contribution is 5.94. The minimum Gasteiger partial charge on any atom is -0.493 e. The highest BCUT2D eigenvalue weighted by Crippen LogP contribution is 2.32. The van der Waals surface area contributed by atoms with Crippen LogP contribution in [0, 0.1) is 0 Å². The van der Waals surface area contributed by atoms with E-state index in [0.29, 0.717) is 29.5 Å². The van der Waals surface area contributed by atoms with Crippen molar-refractivity contribution in [2.24, 2.45) is 5.10 Å². The molecule has 0 spiro atoms. The summed E-state index contributed by atoms with van der Waals surface area (Å²) in [5, 5.41) is 10.9. The zero-order chi connectivity index (χ0) is 19.1. The number of benzene rings is 2. The molecule has 0 aliphatic heterocycles. The molecular formula is C20H20N4O3. The van der Waals surface area contributed by atoms with Crippen molar-refractivity contribution in [1.82, 2.24) is 15.6 Å². The van der Waals surface area contributed by atoms with Crippen LogP contribution in [0.3, 0.4) is 0 Å². The van der Waals surface area contributed by atoms with Gasteiger partial charge in [0, 0.05) is 5.56 Å². The fourth-order valence-electron chi connectivity index (χ4n) is 2.45. The largest absolute Gasteiger partial charge is 0.493 e. The summed E-state index contributed by atoms with van der Waals surface area (Å²) >= 11 is 0. The molecule has 0 atom stereocenters. The summed E-state index contributed by atoms with van der Waals surface area (Å²) in [4.78, 5) is 12.2. The van der Waals surface area contributed by atoms with Crippen molar-refractivity contribution in [1.29, 1.82) is 0 Å². The highest BCUT2D eigenvalue weighted by atomic mass is 16.5. The van der Waals surface area contributed by atoms with Crippen LogP contribution in [-0.2, 0) is 0 Å². The summed E-state index contributed by atoms with van der Waals surface area (Å²) in [5.41, 5.74) is 5.10. The Bertz CT molecular complexity index is 935. The lowest BCUT2D eigenvalue weighted by Crippen LogP contribution is -2.17. The number of hydrogen-bond acceptors (Lipinski definition) is 5. The number of carbonyl (C=O) groups is 1. The van der Waals surface area contributed by atoms with Gasteiger partial charge in [0.05, 0.1) is 25.6 Å². The van der Waals surface area contributed by atoms with Crippen LogP contribution >= 0.6 is 0 Å². The van der Waals surface area contributed by atoms with Crippen molar-refractivity contribution < 1.29 is 14.3 Å². The van der Waals surface area contributed by atoms with Crippen molar-refractivity contribution >= 4 is 12.1 Å². The van der Waals surface area contributed by atoms with Crippen LogP contribution in [-0.4, -0.2) is 36.0 Å². The molecule has 27 heavy (non-hydrogen) atoms. The number of amides is 1. The lowest BCUT2D eigenvalue weighted by Gasteiger charge is -2.09. The van der Waals surface area contributed by atoms with Crippen LogP contribution in [0.4, 0.5) is 0 Å². The third-order valence-electron chi connectivity index (χ3n) is 3.76. The Labute approximate surface area is 157 Å². The molecule has 2 aromatic carbocycles. The second kappa shape index (κ2) is 8.66. The van der Waals surface area contributed by atoms with Gasteiger partial charge in [-0.15, -0.1) is 0 Å². The standard InChI is InChI=1S/C20H20N4O3/c1-3-27-18-10-9-15(11-19(18)26-2)16-12-17(23-22-16)20(25)24-21-13-14-7-5-4-6-8-14/h4-13H,3H2,1-2H3,(H,22,23)(H,24,25)/b21-13+. The van der Waals surface area contributed by atoms with Crippen molar-refractivity contribution in [3.63, 3.8) is 0 Å². The summed E-state index contributed by atoms with van der Waals surface area (Å²) in [7, 11) is 1.58. The van der Waals surface area contributed by atoms with E-state index in [-0.39, 0.29) is 5.91 Å². The van der Waals surface area contributed by atoms with Gasteiger partial charge in [-0.05, 0) is 36.8 Å². The maximum absolute atomic E-state index is 12.2. The highest BCUT2D eigenvalue weighted by Gasteiger charge is 2.12. The number of carbonyl (C=O) groups excluding carboxylic acids is 1. The van der Waals surface area contributed by atoms with Crippen LogP contribution in [0.15, 0.2) is 59.7 Å². The normalized spacial score (nSPS) is 10.7. The number of hydrazone groups is 1. The average Bonchev–Trinajstić information content (AvgIpc) is 3.19. The Balaban J connectivity index is 1.70. The van der Waals surface area contributed by atoms with Crippen LogP contribution in [0.25, 0.3) is 11.3 Å². The first-order valence-electron chi connectivity index (χ1n) is 8.46. The van der Waals surface area contributed by atoms with Gasteiger partial charge in [0.2, 0.25) is 0 Å². The Hall–Kier alpha value is -3.61. The number of ether oxygens (including phenoxy) is 2. The van der Waals surface area contributed by atoms with Gasteiger partial charge in [-0.1, -0.05) is 30.3 Å². The van der Waals surface area contributed by atoms with E-state index in [1.165, 1.54) is 0 Å². The average molecular weight is 364 g/mol. The van der Waals surface area contributed by atoms with Crippen molar-refractivity contribution in [3.8, 4) is 22.8 Å². The Kier molecular flexibility index (Phi) is 5.84. The molecule has 1 aromatic heterocycles. The Morgan fingerprint density at radius 2 is 2.00 bits per heavy atom. The van der Waals surface area contributed by atoms with Gasteiger partial charge < -0.3 is 9.47 Å². The maximum atomic E-state index is 12.2. The number of hydrogen-bond donors (Lipinski definition) is 2. The molecule has 0 aliphatic carbocycles. The van der Waals surface area contributed by atoms with E-state index in [0.717, 1.165) is 11.1 Å². The Morgan fingerprint density at radius 1 is 1.19 bits per heavy atom. The molecule has 1 heterocycles. The van der Waals surface area contributed by atoms with Gasteiger partial charge in [0.1, 0.15) is 5.69 Å². The quantitative estimate of drug-likeness (QED) is 0.497. The van der Waals surface area contributed by atoms with Crippen molar-refractivity contribution in [2.45, 2.75) is 6.92 Å². The van der Waals surface area contributed by atoms with Crippen LogP contribution < -0.4 is 14.9 Å². The summed E-state index contributed by atoms with van der Waals surface area (Å²) in [6.07, 6.45) is 1.58. The van der Waals surface area contributed by atoms with Gasteiger partial charge in [-0.2, -0.15) is 10.2 Å². The zero-order valence-electron chi connectivity index (χ0n) is 15.1. The summed E-state index contributed by atoms with van der Waals surface area (Å²) < 4.78 is 10.9. The van der Waals surface area contributed by atoms with Crippen LogP contribution in [0.5, 0.6) is 11.5 Å². The number of nitrogens with one attached hydrogen (secondary N) is 2. The van der Waals surface area contributed by atoms with Gasteiger partial charge in [-0.25, -0.2) is 5.43 Å². The number of aromatic nitrogens is 2. The van der Waals surface area contributed by atoms with E-state index in [1.54, 1.807) is 19.4 Å². The molecule has 0 unspecified atom stereocenters. The number of methoxy groups -OCH3 is 1. The number of nitrogens with zero attached hydrogens (tertiary/aromatic N) is 2. The third kappa shape index (κ3) is 4.52. The monoisotopic (exact) mass is 364 g/mol. The fraction of sp³-hybridized carbons (Fsp3) is 0.150. The number of aromatic amines is 1. The van der Waals surface area contributed by atoms with Crippen LogP contribution in [0.1, 0.15) is 23.0 Å². The number of rotatable bonds is 7. The number of H-pyrrole nitrogens is 1. The predicted octanol–water partition coefficient (Wildman–Crippen LogP) is 3.25. The molecule has 1 amide bonds. The molecule has 0 saturated carbocycles. The molecule has 3 aromatic rings. The molecule has 0 radical (unpaired) electrons. The topological polar surface area (TPSA) is 88.6 Å². The molecular weight excluding hydrogens is 344 g/mol. The smallest absolute Gasteiger partial charge is 0.289 e. The first-order chi connectivity index (χ1) is 13.2. The minimum atomic E-state index is -0.376. The lowest BCUT2D eigenvalue weighted by molar-refractivity contribution is 0.0950. The molecule has 0 saturated heterocycles. The molecule has 0 fully saturated rings. The van der Waals surface area contributed by atoms with E-state index in [2.05, 4.69) is 20.7 Å². The molecule has 0 bridgehead atoms. The Morgan fingerprint density at radius 3 is 2.74 bits per heavy atom. The second-order valence-electron chi connectivity index (χ2n) is 5.58. The lowest BCUT2D eigenvalue weighted by atomic mass is 10.1.